The average Bonchev–Trinajstić information content (AvgIpc) is 2.32. The van der Waals surface area contributed by atoms with Gasteiger partial charge in [0.1, 0.15) is 5.82 Å². The molecule has 2 aromatic rings. The lowest BCUT2D eigenvalue weighted by molar-refractivity contribution is 0.103. The fourth-order valence-electron chi connectivity index (χ4n) is 1.82. The second kappa shape index (κ2) is 5.18. The molecule has 0 amide bonds. The van der Waals surface area contributed by atoms with Crippen LogP contribution in [0.2, 0.25) is 0 Å². The van der Waals surface area contributed by atoms with E-state index in [0.29, 0.717) is 14.7 Å². The monoisotopic (exact) mass is 354 g/mol. The number of rotatable bonds is 2. The maximum atomic E-state index is 13.0. The molecule has 2 aromatic carbocycles. The van der Waals surface area contributed by atoms with E-state index in [-0.39, 0.29) is 11.6 Å². The lowest BCUT2D eigenvalue weighted by Gasteiger charge is -2.09. The first-order valence-corrected chi connectivity index (χ1v) is 6.64. The van der Waals surface area contributed by atoms with Crippen molar-refractivity contribution in [2.45, 2.75) is 13.8 Å². The van der Waals surface area contributed by atoms with E-state index in [1.54, 1.807) is 6.07 Å². The maximum Gasteiger partial charge on any atom is 0.194 e. The summed E-state index contributed by atoms with van der Waals surface area (Å²) in [7, 11) is 0. The Labute approximate surface area is 119 Å². The number of carbonyl (C=O) groups excluding carboxylic acids is 1. The van der Waals surface area contributed by atoms with Crippen LogP contribution in [0.25, 0.3) is 0 Å². The molecule has 0 spiro atoms. The van der Waals surface area contributed by atoms with Gasteiger partial charge in [-0.3, -0.25) is 4.79 Å². The van der Waals surface area contributed by atoms with Crippen LogP contribution in [0.1, 0.15) is 27.0 Å². The summed E-state index contributed by atoms with van der Waals surface area (Å²) in [4.78, 5) is 12.4. The predicted octanol–water partition coefficient (Wildman–Crippen LogP) is 4.28. The summed E-state index contributed by atoms with van der Waals surface area (Å²) in [5.41, 5.74) is 3.28. The van der Waals surface area contributed by atoms with Gasteiger partial charge in [0.2, 0.25) is 0 Å². The number of halogens is 2. The zero-order chi connectivity index (χ0) is 13.3. The summed E-state index contributed by atoms with van der Waals surface area (Å²) < 4.78 is 13.7. The molecule has 0 heterocycles. The molecule has 0 atom stereocenters. The van der Waals surface area contributed by atoms with Gasteiger partial charge in [0.15, 0.2) is 5.78 Å². The minimum absolute atomic E-state index is 0.0550. The van der Waals surface area contributed by atoms with Crippen molar-refractivity contribution < 1.29 is 9.18 Å². The Morgan fingerprint density at radius 2 is 1.83 bits per heavy atom. The van der Waals surface area contributed by atoms with Crippen molar-refractivity contribution >= 4 is 28.4 Å². The molecule has 2 rings (SSSR count). The molecule has 0 saturated carbocycles. The first kappa shape index (κ1) is 13.2. The molecule has 3 heteroatoms. The third kappa shape index (κ3) is 2.46. The van der Waals surface area contributed by atoms with Crippen molar-refractivity contribution in [2.75, 3.05) is 0 Å². The fraction of sp³-hybridized carbons (Fsp3) is 0.133. The molecule has 0 aliphatic rings. The molecule has 0 saturated heterocycles. The van der Waals surface area contributed by atoms with E-state index in [9.17, 15) is 9.18 Å². The Morgan fingerprint density at radius 3 is 2.50 bits per heavy atom. The second-order valence-corrected chi connectivity index (χ2v) is 5.36. The number of aryl methyl sites for hydroxylation is 1. The summed E-state index contributed by atoms with van der Waals surface area (Å²) in [6.45, 7) is 3.90. The molecule has 0 N–H and O–H groups in total. The molecule has 0 aliphatic heterocycles. The van der Waals surface area contributed by atoms with Crippen molar-refractivity contribution in [3.05, 3.63) is 68.0 Å². The van der Waals surface area contributed by atoms with Gasteiger partial charge in [0.05, 0.1) is 0 Å². The highest BCUT2D eigenvalue weighted by Crippen LogP contribution is 2.21. The van der Waals surface area contributed by atoms with Crippen LogP contribution in [-0.2, 0) is 0 Å². The summed E-state index contributed by atoms with van der Waals surface area (Å²) in [5, 5.41) is 0. The van der Waals surface area contributed by atoms with Crippen LogP contribution >= 0.6 is 22.6 Å². The van der Waals surface area contributed by atoms with Gasteiger partial charge in [0.25, 0.3) is 0 Å². The number of hydrogen-bond acceptors (Lipinski definition) is 1. The van der Waals surface area contributed by atoms with Crippen LogP contribution in [0.4, 0.5) is 4.39 Å². The van der Waals surface area contributed by atoms with E-state index in [1.807, 2.05) is 54.6 Å². The van der Waals surface area contributed by atoms with Crippen molar-refractivity contribution in [1.82, 2.24) is 0 Å². The minimum atomic E-state index is -0.322. The molecule has 0 aliphatic carbocycles. The van der Waals surface area contributed by atoms with E-state index in [2.05, 4.69) is 0 Å². The van der Waals surface area contributed by atoms with Crippen molar-refractivity contribution in [3.63, 3.8) is 0 Å². The van der Waals surface area contributed by atoms with Gasteiger partial charge in [-0.1, -0.05) is 18.2 Å². The first-order valence-electron chi connectivity index (χ1n) is 5.56. The second-order valence-electron chi connectivity index (χ2n) is 4.20. The summed E-state index contributed by atoms with van der Waals surface area (Å²) in [6, 6.07) is 9.89. The van der Waals surface area contributed by atoms with Gasteiger partial charge in [-0.2, -0.15) is 0 Å². The fourth-order valence-corrected chi connectivity index (χ4v) is 2.54. The topological polar surface area (TPSA) is 17.1 Å². The normalized spacial score (nSPS) is 10.4. The number of carbonyl (C=O) groups is 1. The lowest BCUT2D eigenvalue weighted by atomic mass is 9.96. The molecule has 18 heavy (non-hydrogen) atoms. The molecule has 0 fully saturated rings. The smallest absolute Gasteiger partial charge is 0.194 e. The Morgan fingerprint density at radius 1 is 1.11 bits per heavy atom. The number of hydrogen-bond donors (Lipinski definition) is 0. The van der Waals surface area contributed by atoms with Crippen LogP contribution in [0, 0.1) is 23.2 Å². The Balaban J connectivity index is 2.51. The summed E-state index contributed by atoms with van der Waals surface area (Å²) in [5.74, 6) is -0.377. The Bertz CT molecular complexity index is 620. The molecule has 0 bridgehead atoms. The number of ketones is 1. The standard InChI is InChI=1S/C15H12FIO/c1-9-4-3-5-12(10(9)2)15(18)13-7-6-11(16)8-14(13)17/h3-8H,1-2H3. The molecule has 0 radical (unpaired) electrons. The van der Waals surface area contributed by atoms with E-state index in [4.69, 9.17) is 0 Å². The van der Waals surface area contributed by atoms with E-state index in [1.165, 1.54) is 12.1 Å². The predicted molar refractivity (Wildman–Crippen MR) is 78.5 cm³/mol. The van der Waals surface area contributed by atoms with Gasteiger partial charge in [0, 0.05) is 14.7 Å². The average molecular weight is 354 g/mol. The quantitative estimate of drug-likeness (QED) is 0.581. The lowest BCUT2D eigenvalue weighted by Crippen LogP contribution is -2.07. The van der Waals surface area contributed by atoms with Crippen LogP contribution < -0.4 is 0 Å². The zero-order valence-corrected chi connectivity index (χ0v) is 12.3. The van der Waals surface area contributed by atoms with E-state index < -0.39 is 0 Å². The van der Waals surface area contributed by atoms with Gasteiger partial charge in [-0.15, -0.1) is 0 Å². The highest BCUT2D eigenvalue weighted by Gasteiger charge is 2.15. The van der Waals surface area contributed by atoms with Crippen LogP contribution in [0.15, 0.2) is 36.4 Å². The van der Waals surface area contributed by atoms with Crippen molar-refractivity contribution in [3.8, 4) is 0 Å². The summed E-state index contributed by atoms with van der Waals surface area (Å²) >= 11 is 1.99. The highest BCUT2D eigenvalue weighted by molar-refractivity contribution is 14.1. The SMILES string of the molecule is Cc1cccc(C(=O)c2ccc(F)cc2I)c1C. The minimum Gasteiger partial charge on any atom is -0.289 e. The third-order valence-electron chi connectivity index (χ3n) is 3.03. The van der Waals surface area contributed by atoms with Crippen molar-refractivity contribution in [1.29, 1.82) is 0 Å². The van der Waals surface area contributed by atoms with Crippen LogP contribution in [0.3, 0.4) is 0 Å². The van der Waals surface area contributed by atoms with Gasteiger partial charge in [-0.05, 0) is 65.8 Å². The van der Waals surface area contributed by atoms with Gasteiger partial charge < -0.3 is 0 Å². The third-order valence-corrected chi connectivity index (χ3v) is 3.92. The largest absolute Gasteiger partial charge is 0.289 e. The molecular weight excluding hydrogens is 342 g/mol. The van der Waals surface area contributed by atoms with Crippen molar-refractivity contribution in [2.24, 2.45) is 0 Å². The van der Waals surface area contributed by atoms with E-state index in [0.717, 1.165) is 11.1 Å². The van der Waals surface area contributed by atoms with Crippen LogP contribution in [0.5, 0.6) is 0 Å². The molecule has 0 aromatic heterocycles. The Kier molecular flexibility index (Phi) is 3.80. The molecule has 0 unspecified atom stereocenters. The highest BCUT2D eigenvalue weighted by atomic mass is 127. The Hall–Kier alpha value is -1.23. The van der Waals surface area contributed by atoms with Crippen LogP contribution in [-0.4, -0.2) is 5.78 Å². The molecule has 92 valence electrons. The van der Waals surface area contributed by atoms with Gasteiger partial charge >= 0.3 is 0 Å². The number of benzene rings is 2. The maximum absolute atomic E-state index is 13.0. The molecule has 1 nitrogen and oxygen atoms in total. The first-order chi connectivity index (χ1) is 8.50. The van der Waals surface area contributed by atoms with E-state index >= 15 is 0 Å². The molecular formula is C15H12FIO. The van der Waals surface area contributed by atoms with Gasteiger partial charge in [-0.25, -0.2) is 4.39 Å². The summed E-state index contributed by atoms with van der Waals surface area (Å²) in [6.07, 6.45) is 0. The zero-order valence-electron chi connectivity index (χ0n) is 10.1.